The molecule has 1 N–H and O–H groups in total. The first kappa shape index (κ1) is 11.5. The molecule has 0 aromatic carbocycles. The largest absolute Gasteiger partial charge is 0.312 e. The van der Waals surface area contributed by atoms with Crippen LogP contribution >= 0.6 is 31.9 Å². The first-order valence-corrected chi connectivity index (χ1v) is 6.06. The highest BCUT2D eigenvalue weighted by atomic mass is 79.9. The molecule has 0 atom stereocenters. The van der Waals surface area contributed by atoms with Crippen LogP contribution in [-0.4, -0.2) is 19.7 Å². The van der Waals surface area contributed by atoms with Gasteiger partial charge in [-0.05, 0) is 45.7 Å². The highest BCUT2D eigenvalue weighted by Gasteiger charge is 2.14. The number of aryl methyl sites for hydroxylation is 1. The van der Waals surface area contributed by atoms with Gasteiger partial charge in [-0.1, -0.05) is 0 Å². The smallest absolute Gasteiger partial charge is 0.267 e. The van der Waals surface area contributed by atoms with Crippen molar-refractivity contribution in [3.8, 4) is 5.82 Å². The Labute approximate surface area is 108 Å². The summed E-state index contributed by atoms with van der Waals surface area (Å²) in [5.41, 5.74) is 1.52. The molecule has 0 aliphatic rings. The first-order valence-electron chi connectivity index (χ1n) is 4.47. The number of aromatic amines is 1. The number of nitrogens with one attached hydrogen (secondary N) is 1. The average molecular weight is 348 g/mol. The summed E-state index contributed by atoms with van der Waals surface area (Å²) in [6, 6.07) is 0. The van der Waals surface area contributed by atoms with Crippen LogP contribution in [0.25, 0.3) is 5.82 Å². The van der Waals surface area contributed by atoms with E-state index < -0.39 is 0 Å². The molecular weight excluding hydrogens is 340 g/mol. The second-order valence-electron chi connectivity index (χ2n) is 3.27. The molecule has 0 radical (unpaired) electrons. The molecule has 0 bridgehead atoms. The van der Waals surface area contributed by atoms with Gasteiger partial charge in [0.15, 0.2) is 5.82 Å². The van der Waals surface area contributed by atoms with E-state index in [9.17, 15) is 4.79 Å². The minimum Gasteiger partial charge on any atom is -0.312 e. The standard InChI is InChI=1S/C9H8Br2N4O/c1-4-6(10)5(2)15(14-4)8-7(11)9(16)13-3-12-8/h3H,1-2H3,(H,12,13,16). The molecule has 0 fully saturated rings. The van der Waals surface area contributed by atoms with Crippen LogP contribution in [0.3, 0.4) is 0 Å². The molecular formula is C9H8Br2N4O. The first-order chi connectivity index (χ1) is 7.52. The molecule has 2 aromatic heterocycles. The molecule has 2 rings (SSSR count). The van der Waals surface area contributed by atoms with E-state index in [4.69, 9.17) is 0 Å². The minimum atomic E-state index is -0.228. The Balaban J connectivity index is 2.73. The SMILES string of the molecule is Cc1nn(-c2nc[nH]c(=O)c2Br)c(C)c1Br. The number of rotatable bonds is 1. The number of hydrogen-bond donors (Lipinski definition) is 1. The summed E-state index contributed by atoms with van der Waals surface area (Å²) >= 11 is 6.63. The van der Waals surface area contributed by atoms with Gasteiger partial charge in [-0.2, -0.15) is 5.10 Å². The second kappa shape index (κ2) is 4.14. The average Bonchev–Trinajstić information content (AvgIpc) is 2.50. The van der Waals surface area contributed by atoms with E-state index in [0.29, 0.717) is 10.3 Å². The van der Waals surface area contributed by atoms with Crippen molar-refractivity contribution in [1.82, 2.24) is 19.7 Å². The van der Waals surface area contributed by atoms with E-state index in [-0.39, 0.29) is 5.56 Å². The third-order valence-corrected chi connectivity index (χ3v) is 4.04. The van der Waals surface area contributed by atoms with Crippen molar-refractivity contribution in [2.24, 2.45) is 0 Å². The molecule has 0 amide bonds. The zero-order chi connectivity index (χ0) is 11.9. The van der Waals surface area contributed by atoms with E-state index in [1.54, 1.807) is 4.68 Å². The van der Waals surface area contributed by atoms with Crippen LogP contribution in [0.4, 0.5) is 0 Å². The van der Waals surface area contributed by atoms with Crippen LogP contribution in [0.15, 0.2) is 20.1 Å². The van der Waals surface area contributed by atoms with E-state index in [2.05, 4.69) is 46.9 Å². The lowest BCUT2D eigenvalue weighted by molar-refractivity contribution is 0.791. The van der Waals surface area contributed by atoms with Crippen LogP contribution in [0, 0.1) is 13.8 Å². The summed E-state index contributed by atoms with van der Waals surface area (Å²) < 4.78 is 2.91. The van der Waals surface area contributed by atoms with Gasteiger partial charge >= 0.3 is 0 Å². The zero-order valence-corrected chi connectivity index (χ0v) is 11.8. The van der Waals surface area contributed by atoms with Crippen molar-refractivity contribution >= 4 is 31.9 Å². The van der Waals surface area contributed by atoms with E-state index >= 15 is 0 Å². The van der Waals surface area contributed by atoms with Gasteiger partial charge in [0.2, 0.25) is 0 Å². The maximum absolute atomic E-state index is 11.4. The Morgan fingerprint density at radius 2 is 2.00 bits per heavy atom. The molecule has 0 aliphatic carbocycles. The van der Waals surface area contributed by atoms with Crippen LogP contribution in [-0.2, 0) is 0 Å². The van der Waals surface area contributed by atoms with Gasteiger partial charge in [-0.15, -0.1) is 0 Å². The summed E-state index contributed by atoms with van der Waals surface area (Å²) in [7, 11) is 0. The van der Waals surface area contributed by atoms with Gasteiger partial charge in [-0.25, -0.2) is 9.67 Å². The van der Waals surface area contributed by atoms with Crippen molar-refractivity contribution in [3.05, 3.63) is 37.0 Å². The fraction of sp³-hybridized carbons (Fsp3) is 0.222. The van der Waals surface area contributed by atoms with Crippen molar-refractivity contribution in [2.75, 3.05) is 0 Å². The van der Waals surface area contributed by atoms with Gasteiger partial charge in [-0.3, -0.25) is 4.79 Å². The topological polar surface area (TPSA) is 63.6 Å². The highest BCUT2D eigenvalue weighted by Crippen LogP contribution is 2.23. The van der Waals surface area contributed by atoms with Crippen LogP contribution < -0.4 is 5.56 Å². The number of H-pyrrole nitrogens is 1. The van der Waals surface area contributed by atoms with Gasteiger partial charge in [0.25, 0.3) is 5.56 Å². The Bertz CT molecular complexity index is 602. The van der Waals surface area contributed by atoms with Gasteiger partial charge in [0.1, 0.15) is 4.47 Å². The summed E-state index contributed by atoms with van der Waals surface area (Å²) in [6.45, 7) is 3.79. The van der Waals surface area contributed by atoms with Crippen molar-refractivity contribution in [2.45, 2.75) is 13.8 Å². The van der Waals surface area contributed by atoms with Gasteiger partial charge in [0, 0.05) is 0 Å². The maximum atomic E-state index is 11.4. The fourth-order valence-corrected chi connectivity index (χ4v) is 1.98. The summed E-state index contributed by atoms with van der Waals surface area (Å²) in [5, 5.41) is 4.31. The summed E-state index contributed by atoms with van der Waals surface area (Å²) in [4.78, 5) is 18.0. The Morgan fingerprint density at radius 3 is 2.56 bits per heavy atom. The summed E-state index contributed by atoms with van der Waals surface area (Å²) in [6.07, 6.45) is 1.35. The molecule has 0 aliphatic heterocycles. The minimum absolute atomic E-state index is 0.228. The number of aromatic nitrogens is 4. The maximum Gasteiger partial charge on any atom is 0.267 e. The quantitative estimate of drug-likeness (QED) is 0.859. The van der Waals surface area contributed by atoms with Crippen LogP contribution in [0.2, 0.25) is 0 Å². The normalized spacial score (nSPS) is 10.8. The third-order valence-electron chi connectivity index (χ3n) is 2.18. The van der Waals surface area contributed by atoms with E-state index in [1.165, 1.54) is 6.33 Å². The lowest BCUT2D eigenvalue weighted by atomic mass is 10.4. The predicted octanol–water partition coefficient (Wildman–Crippen LogP) is 2.10. The molecule has 0 spiro atoms. The molecule has 5 nitrogen and oxygen atoms in total. The number of halogens is 2. The molecule has 7 heteroatoms. The second-order valence-corrected chi connectivity index (χ2v) is 4.85. The predicted molar refractivity (Wildman–Crippen MR) is 66.9 cm³/mol. The van der Waals surface area contributed by atoms with Gasteiger partial charge < -0.3 is 4.98 Å². The van der Waals surface area contributed by atoms with Crippen molar-refractivity contribution in [1.29, 1.82) is 0 Å². The molecule has 16 heavy (non-hydrogen) atoms. The lowest BCUT2D eigenvalue weighted by Crippen LogP contribution is -2.13. The van der Waals surface area contributed by atoms with E-state index in [0.717, 1.165) is 15.9 Å². The zero-order valence-electron chi connectivity index (χ0n) is 8.58. The van der Waals surface area contributed by atoms with Crippen LogP contribution in [0.5, 0.6) is 0 Å². The third kappa shape index (κ3) is 1.73. The highest BCUT2D eigenvalue weighted by molar-refractivity contribution is 9.11. The Morgan fingerprint density at radius 1 is 1.31 bits per heavy atom. The number of nitrogens with zero attached hydrogens (tertiary/aromatic N) is 3. The van der Waals surface area contributed by atoms with Gasteiger partial charge in [0.05, 0.1) is 22.2 Å². The monoisotopic (exact) mass is 346 g/mol. The number of hydrogen-bond acceptors (Lipinski definition) is 3. The molecule has 2 heterocycles. The summed E-state index contributed by atoms with van der Waals surface area (Å²) in [5.74, 6) is 0.482. The van der Waals surface area contributed by atoms with E-state index in [1.807, 2.05) is 13.8 Å². The molecule has 84 valence electrons. The molecule has 0 saturated carbocycles. The molecule has 2 aromatic rings. The molecule has 0 unspecified atom stereocenters. The Kier molecular flexibility index (Phi) is 2.98. The fourth-order valence-electron chi connectivity index (χ4n) is 1.35. The van der Waals surface area contributed by atoms with Crippen molar-refractivity contribution < 1.29 is 0 Å². The lowest BCUT2D eigenvalue weighted by Gasteiger charge is -2.04. The molecule has 0 saturated heterocycles. The Hall–Kier alpha value is -0.950. The van der Waals surface area contributed by atoms with Crippen molar-refractivity contribution in [3.63, 3.8) is 0 Å². The van der Waals surface area contributed by atoms with Crippen LogP contribution in [0.1, 0.15) is 11.4 Å².